The van der Waals surface area contributed by atoms with Gasteiger partial charge in [0, 0.05) is 27.0 Å². The lowest BCUT2D eigenvalue weighted by molar-refractivity contribution is -0.610. The van der Waals surface area contributed by atoms with E-state index in [0.717, 1.165) is 0 Å². The zero-order valence-electron chi connectivity index (χ0n) is 16.0. The molecule has 2 heterocycles. The number of amides is 1. The maximum Gasteiger partial charge on any atom is 0.252 e. The van der Waals surface area contributed by atoms with Gasteiger partial charge in [0.1, 0.15) is 11.7 Å². The average Bonchev–Trinajstić information content (AvgIpc) is 2.64. The van der Waals surface area contributed by atoms with E-state index in [1.54, 1.807) is 6.92 Å². The Morgan fingerprint density at radius 1 is 1.48 bits per heavy atom. The summed E-state index contributed by atoms with van der Waals surface area (Å²) in [4.78, 5) is 39.5. The number of aromatic amines is 1. The van der Waals surface area contributed by atoms with E-state index in [4.69, 9.17) is 5.26 Å². The highest BCUT2D eigenvalue weighted by Crippen LogP contribution is 2.24. The fourth-order valence-electron chi connectivity index (χ4n) is 3.90. The molecule has 1 saturated heterocycles. The van der Waals surface area contributed by atoms with Crippen molar-refractivity contribution in [3.05, 3.63) is 50.4 Å². The number of rotatable bonds is 4. The number of nitrogens with one attached hydrogen (secondary N) is 2. The van der Waals surface area contributed by atoms with Crippen LogP contribution in [0.3, 0.4) is 0 Å². The second-order valence-electron chi connectivity index (χ2n) is 7.45. The molecule has 0 saturated carbocycles. The van der Waals surface area contributed by atoms with Crippen molar-refractivity contribution in [1.82, 2.24) is 10.3 Å². The molecule has 3 rings (SSSR count). The Bertz CT molecular complexity index is 1080. The third kappa shape index (κ3) is 4.16. The standard InChI is InChI=1S/C20H20F2N4O3/c1-10-14-4-3-13(21)6-17(14)25-20(28)15(10)7-18(27)24-11(2)19-16(22)5-12(8-23)9-26(19)29/h3-4,6,11-12,16,19H,5,7,9H2,1-2H3,(H-,24,25,27,28)/p+1/t11-,12?,16?,19?/m1/s1. The molecule has 29 heavy (non-hydrogen) atoms. The summed E-state index contributed by atoms with van der Waals surface area (Å²) in [6.45, 7) is 3.08. The van der Waals surface area contributed by atoms with E-state index < -0.39 is 41.5 Å². The highest BCUT2D eigenvalue weighted by atomic mass is 19.1. The number of aryl methyl sites for hydroxylation is 1. The van der Waals surface area contributed by atoms with E-state index in [0.29, 0.717) is 21.2 Å². The SMILES string of the molecule is Cc1c(CC(=O)N[C@H](C)C2C(F)CC(C#N)C[N+]2=O)c(=O)[nH]c2cc(F)ccc12. The normalized spacial score (nSPS) is 22.9. The minimum atomic E-state index is -1.54. The van der Waals surface area contributed by atoms with Crippen molar-refractivity contribution >= 4 is 16.8 Å². The molecule has 7 nitrogen and oxygen atoms in total. The molecule has 152 valence electrons. The third-order valence-corrected chi connectivity index (χ3v) is 5.39. The first-order valence-electron chi connectivity index (χ1n) is 9.29. The summed E-state index contributed by atoms with van der Waals surface area (Å²) < 4.78 is 28.3. The lowest BCUT2D eigenvalue weighted by Gasteiger charge is -2.26. The highest BCUT2D eigenvalue weighted by molar-refractivity contribution is 5.85. The number of pyridine rings is 1. The first-order valence-corrected chi connectivity index (χ1v) is 9.29. The van der Waals surface area contributed by atoms with Gasteiger partial charge in [-0.3, -0.25) is 9.59 Å². The van der Waals surface area contributed by atoms with Gasteiger partial charge in [0.2, 0.25) is 12.5 Å². The molecular formula is C20H21F2N4O3+. The predicted octanol–water partition coefficient (Wildman–Crippen LogP) is 2.05. The zero-order valence-corrected chi connectivity index (χ0v) is 16.0. The van der Waals surface area contributed by atoms with Crippen molar-refractivity contribution in [2.75, 3.05) is 6.54 Å². The van der Waals surface area contributed by atoms with Gasteiger partial charge >= 0.3 is 0 Å². The van der Waals surface area contributed by atoms with Gasteiger partial charge in [-0.2, -0.15) is 5.26 Å². The van der Waals surface area contributed by atoms with Crippen LogP contribution >= 0.6 is 0 Å². The van der Waals surface area contributed by atoms with Gasteiger partial charge in [-0.05, 0) is 37.6 Å². The maximum atomic E-state index is 14.4. The predicted molar refractivity (Wildman–Crippen MR) is 101 cm³/mol. The first-order chi connectivity index (χ1) is 13.7. The smallest absolute Gasteiger partial charge is 0.252 e. The van der Waals surface area contributed by atoms with Crippen LogP contribution in [0.5, 0.6) is 0 Å². The van der Waals surface area contributed by atoms with E-state index in [9.17, 15) is 23.3 Å². The number of carbonyl (C=O) groups is 1. The van der Waals surface area contributed by atoms with Gasteiger partial charge in [0.25, 0.3) is 11.6 Å². The largest absolute Gasteiger partial charge is 0.346 e. The minimum Gasteiger partial charge on any atom is -0.346 e. The Kier molecular flexibility index (Phi) is 5.73. The number of hydrogen-bond acceptors (Lipinski definition) is 4. The summed E-state index contributed by atoms with van der Waals surface area (Å²) in [6.07, 6.45) is -1.86. The third-order valence-electron chi connectivity index (χ3n) is 5.39. The van der Waals surface area contributed by atoms with E-state index in [2.05, 4.69) is 10.3 Å². The Morgan fingerprint density at radius 2 is 2.21 bits per heavy atom. The van der Waals surface area contributed by atoms with E-state index in [1.807, 2.05) is 6.07 Å². The van der Waals surface area contributed by atoms with E-state index >= 15 is 0 Å². The van der Waals surface area contributed by atoms with Crippen molar-refractivity contribution in [3.8, 4) is 6.07 Å². The van der Waals surface area contributed by atoms with Crippen molar-refractivity contribution in [3.63, 3.8) is 0 Å². The van der Waals surface area contributed by atoms with Gasteiger partial charge in [0.15, 0.2) is 6.17 Å². The van der Waals surface area contributed by atoms with Crippen molar-refractivity contribution in [1.29, 1.82) is 5.26 Å². The molecule has 0 spiro atoms. The summed E-state index contributed by atoms with van der Waals surface area (Å²) >= 11 is 0. The monoisotopic (exact) mass is 403 g/mol. The number of aromatic nitrogens is 1. The molecule has 1 aromatic heterocycles. The van der Waals surface area contributed by atoms with Crippen LogP contribution in [0.25, 0.3) is 10.9 Å². The zero-order chi connectivity index (χ0) is 21.3. The minimum absolute atomic E-state index is 0.0554. The van der Waals surface area contributed by atoms with Gasteiger partial charge < -0.3 is 10.3 Å². The number of H-pyrrole nitrogens is 1. The number of halogens is 2. The van der Waals surface area contributed by atoms with Crippen LogP contribution in [0.2, 0.25) is 0 Å². The number of hydrogen-bond donors (Lipinski definition) is 2. The molecule has 4 atom stereocenters. The second-order valence-corrected chi connectivity index (χ2v) is 7.45. The molecule has 2 aromatic rings. The summed E-state index contributed by atoms with van der Waals surface area (Å²) in [7, 11) is 0. The lowest BCUT2D eigenvalue weighted by Crippen LogP contribution is -2.55. The number of carbonyl (C=O) groups excluding carboxylic acids is 1. The summed E-state index contributed by atoms with van der Waals surface area (Å²) in [5, 5.41) is 12.1. The molecule has 2 N–H and O–H groups in total. The molecule has 1 aliphatic rings. The Balaban J connectivity index is 1.76. The molecule has 0 bridgehead atoms. The van der Waals surface area contributed by atoms with E-state index in [1.165, 1.54) is 25.1 Å². The topological polar surface area (TPSA) is 106 Å². The Morgan fingerprint density at radius 3 is 2.86 bits per heavy atom. The van der Waals surface area contributed by atoms with E-state index in [-0.39, 0.29) is 24.9 Å². The number of nitriles is 1. The lowest BCUT2D eigenvalue weighted by atomic mass is 9.90. The van der Waals surface area contributed by atoms with Crippen molar-refractivity contribution in [2.24, 2.45) is 5.92 Å². The van der Waals surface area contributed by atoms with Crippen LogP contribution in [0.4, 0.5) is 8.78 Å². The van der Waals surface area contributed by atoms with Crippen LogP contribution in [0.1, 0.15) is 24.5 Å². The molecule has 3 unspecified atom stereocenters. The number of nitroso groups, excluding NO2 is 1. The fraction of sp³-hybridized carbons (Fsp3) is 0.450. The maximum absolute atomic E-state index is 14.4. The molecule has 0 aliphatic carbocycles. The fourth-order valence-corrected chi connectivity index (χ4v) is 3.90. The molecule has 1 aromatic carbocycles. The van der Waals surface area contributed by atoms with Crippen LogP contribution in [-0.2, 0) is 11.2 Å². The molecular weight excluding hydrogens is 382 g/mol. The number of piperidine rings is 1. The van der Waals surface area contributed by atoms with Gasteiger partial charge in [-0.25, -0.2) is 8.78 Å². The number of benzene rings is 1. The van der Waals surface area contributed by atoms with Gasteiger partial charge in [-0.1, -0.05) is 0 Å². The van der Waals surface area contributed by atoms with Crippen LogP contribution in [0.15, 0.2) is 23.0 Å². The van der Waals surface area contributed by atoms with Crippen LogP contribution < -0.4 is 10.9 Å². The quantitative estimate of drug-likeness (QED) is 0.762. The highest BCUT2D eigenvalue weighted by Gasteiger charge is 2.47. The molecule has 9 heteroatoms. The number of nitrogens with zero attached hydrogens (tertiary/aromatic N) is 2. The first kappa shape index (κ1) is 20.6. The van der Waals surface area contributed by atoms with Gasteiger partial charge in [0.05, 0.1) is 24.0 Å². The van der Waals surface area contributed by atoms with Crippen molar-refractivity contribution < 1.29 is 18.3 Å². The van der Waals surface area contributed by atoms with Crippen LogP contribution in [0, 0.1) is 34.9 Å². The number of alkyl halides is 1. The molecule has 1 amide bonds. The molecule has 1 fully saturated rings. The summed E-state index contributed by atoms with van der Waals surface area (Å²) in [5.74, 6) is -1.69. The summed E-state index contributed by atoms with van der Waals surface area (Å²) in [5.41, 5.74) is 0.598. The van der Waals surface area contributed by atoms with Crippen LogP contribution in [-0.4, -0.2) is 40.5 Å². The average molecular weight is 403 g/mol. The van der Waals surface area contributed by atoms with Gasteiger partial charge in [-0.15, -0.1) is 0 Å². The molecule has 1 aliphatic heterocycles. The Hall–Kier alpha value is -3.15. The number of fused-ring (bicyclic) bond motifs is 1. The van der Waals surface area contributed by atoms with Crippen molar-refractivity contribution in [2.45, 2.75) is 44.9 Å². The Labute approximate surface area is 165 Å². The summed E-state index contributed by atoms with van der Waals surface area (Å²) in [6, 6.07) is 4.00. The molecule has 0 radical (unpaired) electrons. The second kappa shape index (κ2) is 8.07.